The van der Waals surface area contributed by atoms with Crippen LogP contribution in [0.5, 0.6) is 5.88 Å². The molecule has 146 valence electrons. The van der Waals surface area contributed by atoms with Gasteiger partial charge in [-0.1, -0.05) is 6.07 Å². The summed E-state index contributed by atoms with van der Waals surface area (Å²) >= 11 is 3.62. The predicted molar refractivity (Wildman–Crippen MR) is 112 cm³/mol. The molecule has 0 spiro atoms. The number of carbonyl (C=O) groups excluding carboxylic acids is 1. The Morgan fingerprint density at radius 2 is 2.32 bits per heavy atom. The molecule has 4 N–H and O–H groups in total. The van der Waals surface area contributed by atoms with E-state index < -0.39 is 0 Å². The molecule has 1 saturated heterocycles. The number of fused-ring (bicyclic) bond motifs is 1. The molecule has 8 nitrogen and oxygen atoms in total. The lowest BCUT2D eigenvalue weighted by Gasteiger charge is -2.33. The van der Waals surface area contributed by atoms with Gasteiger partial charge in [-0.25, -0.2) is 9.97 Å². The Morgan fingerprint density at radius 3 is 3.11 bits per heavy atom. The number of nitrogens with one attached hydrogen (secondary N) is 2. The normalized spacial score (nSPS) is 17.0. The number of aromatic amines is 1. The number of nitrogens with two attached hydrogens (primary N) is 1. The van der Waals surface area contributed by atoms with Gasteiger partial charge in [0.15, 0.2) is 0 Å². The minimum Gasteiger partial charge on any atom is -0.481 e. The minimum atomic E-state index is -0.318. The average Bonchev–Trinajstić information content (AvgIpc) is 3.10. The molecule has 1 amide bonds. The van der Waals surface area contributed by atoms with Crippen molar-refractivity contribution in [2.45, 2.75) is 18.9 Å². The van der Waals surface area contributed by atoms with Crippen LogP contribution in [0.4, 0.5) is 11.4 Å². The quantitative estimate of drug-likeness (QED) is 0.570. The van der Waals surface area contributed by atoms with Crippen LogP contribution in [0, 0.1) is 0 Å². The smallest absolute Gasteiger partial charge is 0.274 e. The van der Waals surface area contributed by atoms with Crippen LogP contribution in [0.2, 0.25) is 0 Å². The second-order valence-corrected chi connectivity index (χ2v) is 7.60. The third-order valence-corrected chi connectivity index (χ3v) is 5.40. The summed E-state index contributed by atoms with van der Waals surface area (Å²) < 4.78 is 5.97. The minimum absolute atomic E-state index is 0.127. The summed E-state index contributed by atoms with van der Waals surface area (Å²) in [7, 11) is 1.52. The molecule has 1 aliphatic heterocycles. The molecule has 0 aromatic carbocycles. The number of ether oxygens (including phenoxy) is 1. The molecule has 0 bridgehead atoms. The van der Waals surface area contributed by atoms with Crippen molar-refractivity contribution in [3.05, 3.63) is 40.8 Å². The van der Waals surface area contributed by atoms with Gasteiger partial charge in [0.2, 0.25) is 5.88 Å². The maximum atomic E-state index is 12.7. The van der Waals surface area contributed by atoms with Crippen LogP contribution in [-0.4, -0.2) is 47.1 Å². The highest BCUT2D eigenvalue weighted by Crippen LogP contribution is 2.38. The number of hydrogen-bond acceptors (Lipinski definition) is 6. The largest absolute Gasteiger partial charge is 0.481 e. The molecule has 4 heterocycles. The van der Waals surface area contributed by atoms with Crippen LogP contribution in [0.3, 0.4) is 0 Å². The van der Waals surface area contributed by atoms with Crippen molar-refractivity contribution in [1.82, 2.24) is 15.0 Å². The van der Waals surface area contributed by atoms with Crippen LogP contribution < -0.4 is 20.7 Å². The number of aromatic nitrogens is 3. The van der Waals surface area contributed by atoms with Crippen molar-refractivity contribution in [3.8, 4) is 5.88 Å². The van der Waals surface area contributed by atoms with E-state index in [1.165, 1.54) is 7.11 Å². The van der Waals surface area contributed by atoms with Crippen molar-refractivity contribution < 1.29 is 9.53 Å². The number of nitrogens with zero attached hydrogens (tertiary/aromatic N) is 3. The monoisotopic (exact) mass is 444 g/mol. The molecule has 4 rings (SSSR count). The summed E-state index contributed by atoms with van der Waals surface area (Å²) in [6, 6.07) is 5.20. The molecule has 3 aromatic heterocycles. The molecule has 0 saturated carbocycles. The van der Waals surface area contributed by atoms with Crippen LogP contribution in [-0.2, 0) is 0 Å². The first-order chi connectivity index (χ1) is 13.6. The van der Waals surface area contributed by atoms with E-state index in [0.717, 1.165) is 41.5 Å². The zero-order valence-electron chi connectivity index (χ0n) is 15.4. The maximum absolute atomic E-state index is 12.7. The fourth-order valence-corrected chi connectivity index (χ4v) is 4.07. The third-order valence-electron chi connectivity index (χ3n) is 4.82. The van der Waals surface area contributed by atoms with Crippen molar-refractivity contribution in [1.29, 1.82) is 0 Å². The second kappa shape index (κ2) is 7.76. The van der Waals surface area contributed by atoms with E-state index in [-0.39, 0.29) is 17.6 Å². The number of piperidine rings is 1. The van der Waals surface area contributed by atoms with Gasteiger partial charge in [-0.3, -0.25) is 4.79 Å². The van der Waals surface area contributed by atoms with Gasteiger partial charge in [0, 0.05) is 37.6 Å². The van der Waals surface area contributed by atoms with Gasteiger partial charge in [-0.2, -0.15) is 0 Å². The van der Waals surface area contributed by atoms with Crippen LogP contribution in [0.25, 0.3) is 11.0 Å². The molecule has 1 atom stereocenters. The highest BCUT2D eigenvalue weighted by Gasteiger charge is 2.24. The Bertz CT molecular complexity index is 1020. The van der Waals surface area contributed by atoms with Crippen molar-refractivity contribution in [2.75, 3.05) is 30.4 Å². The highest BCUT2D eigenvalue weighted by atomic mass is 79.9. The summed E-state index contributed by atoms with van der Waals surface area (Å²) in [6.45, 7) is 1.66. The molecule has 0 radical (unpaired) electrons. The standard InChI is InChI=1S/C19H21BrN6O2/c1-28-15-6-2-5-13(24-15)19(27)25-14-9-23-18-16(14)17(12(20)8-22-18)26-7-3-4-11(21)10-26/h2,5-6,8-9,11H,3-4,7,10,21H2,1H3,(H,22,23)(H,25,27)/t11-/m1/s1. The Morgan fingerprint density at radius 1 is 1.46 bits per heavy atom. The zero-order valence-corrected chi connectivity index (χ0v) is 17.0. The molecule has 1 aliphatic rings. The van der Waals surface area contributed by atoms with E-state index in [0.29, 0.717) is 17.2 Å². The summed E-state index contributed by atoms with van der Waals surface area (Å²) in [5.41, 5.74) is 8.79. The number of rotatable bonds is 4. The Kier molecular flexibility index (Phi) is 5.19. The van der Waals surface area contributed by atoms with Crippen molar-refractivity contribution in [3.63, 3.8) is 0 Å². The molecular formula is C19H21BrN6O2. The third kappa shape index (κ3) is 3.55. The lowest BCUT2D eigenvalue weighted by atomic mass is 10.1. The fraction of sp³-hybridized carbons (Fsp3) is 0.316. The van der Waals surface area contributed by atoms with Crippen LogP contribution in [0.15, 0.2) is 35.1 Å². The van der Waals surface area contributed by atoms with E-state index in [9.17, 15) is 4.79 Å². The van der Waals surface area contributed by atoms with Gasteiger partial charge in [0.1, 0.15) is 11.3 Å². The molecule has 28 heavy (non-hydrogen) atoms. The molecule has 0 aliphatic carbocycles. The predicted octanol–water partition coefficient (Wildman–Crippen LogP) is 2.91. The topological polar surface area (TPSA) is 109 Å². The number of pyridine rings is 2. The van der Waals surface area contributed by atoms with E-state index in [4.69, 9.17) is 10.5 Å². The van der Waals surface area contributed by atoms with Gasteiger partial charge in [-0.05, 0) is 34.8 Å². The maximum Gasteiger partial charge on any atom is 0.274 e. The van der Waals surface area contributed by atoms with Crippen LogP contribution in [0.1, 0.15) is 23.3 Å². The summed E-state index contributed by atoms with van der Waals surface area (Å²) in [5, 5.41) is 3.79. The number of H-pyrrole nitrogens is 1. The Balaban J connectivity index is 1.71. The highest BCUT2D eigenvalue weighted by molar-refractivity contribution is 9.10. The summed E-state index contributed by atoms with van der Waals surface area (Å²) in [4.78, 5) is 26.8. The van der Waals surface area contributed by atoms with Crippen LogP contribution >= 0.6 is 15.9 Å². The summed E-state index contributed by atoms with van der Waals surface area (Å²) in [6.07, 6.45) is 5.55. The average molecular weight is 445 g/mol. The number of hydrogen-bond donors (Lipinski definition) is 3. The number of carbonyl (C=O) groups is 1. The molecule has 3 aromatic rings. The van der Waals surface area contributed by atoms with Gasteiger partial charge in [0.05, 0.1) is 28.3 Å². The number of anilines is 2. The van der Waals surface area contributed by atoms with Crippen molar-refractivity contribution in [2.24, 2.45) is 5.73 Å². The first kappa shape index (κ1) is 18.7. The second-order valence-electron chi connectivity index (χ2n) is 6.75. The lowest BCUT2D eigenvalue weighted by molar-refractivity contribution is 0.102. The van der Waals surface area contributed by atoms with E-state index in [1.54, 1.807) is 30.6 Å². The fourth-order valence-electron chi connectivity index (χ4n) is 3.52. The first-order valence-electron chi connectivity index (χ1n) is 9.05. The van der Waals surface area contributed by atoms with Gasteiger partial charge in [0.25, 0.3) is 5.91 Å². The summed E-state index contributed by atoms with van der Waals surface area (Å²) in [5.74, 6) is 0.0695. The van der Waals surface area contributed by atoms with E-state index >= 15 is 0 Å². The zero-order chi connectivity index (χ0) is 19.7. The van der Waals surface area contributed by atoms with E-state index in [1.807, 2.05) is 0 Å². The molecule has 1 fully saturated rings. The van der Waals surface area contributed by atoms with Gasteiger partial charge < -0.3 is 25.7 Å². The first-order valence-corrected chi connectivity index (χ1v) is 9.84. The van der Waals surface area contributed by atoms with Gasteiger partial charge in [-0.15, -0.1) is 0 Å². The Labute approximate surface area is 170 Å². The lowest BCUT2D eigenvalue weighted by Crippen LogP contribution is -2.43. The van der Waals surface area contributed by atoms with E-state index in [2.05, 4.69) is 41.1 Å². The SMILES string of the molecule is COc1cccc(C(=O)Nc2c[nH]c3ncc(Br)c(N4CCC[C@@H](N)C4)c23)n1. The molecule has 0 unspecified atom stereocenters. The molecular weight excluding hydrogens is 424 g/mol. The van der Waals surface area contributed by atoms with Crippen molar-refractivity contribution >= 4 is 44.2 Å². The Hall–Kier alpha value is -2.65. The number of amides is 1. The molecule has 9 heteroatoms. The van der Waals surface area contributed by atoms with Gasteiger partial charge >= 0.3 is 0 Å². The number of halogens is 1. The number of methoxy groups -OCH3 is 1.